The fourth-order valence-corrected chi connectivity index (χ4v) is 115. The van der Waals surface area contributed by atoms with Gasteiger partial charge in [-0.2, -0.15) is 0 Å². The van der Waals surface area contributed by atoms with Crippen LogP contribution in [-0.2, 0) is 17.1 Å². The molecule has 9 rings (SSSR count). The molecule has 0 aromatic heterocycles. The van der Waals surface area contributed by atoms with Crippen molar-refractivity contribution < 1.29 is 17.1 Å². The van der Waals surface area contributed by atoms with E-state index in [0.717, 1.165) is 82.0 Å². The van der Waals surface area contributed by atoms with Crippen LogP contribution in [0.3, 0.4) is 0 Å². The second kappa shape index (κ2) is 84.6. The van der Waals surface area contributed by atoms with Gasteiger partial charge in [-0.1, -0.05) is 274 Å². The van der Waals surface area contributed by atoms with E-state index < -0.39 is 0 Å². The number of rotatable bonds is 8. The van der Waals surface area contributed by atoms with Gasteiger partial charge in [-0.25, -0.2) is 40.4 Å². The monoisotopic (exact) mass is 1990 g/mol. The molecule has 0 heterocycles. The number of nitriles is 4. The molecule has 0 radical (unpaired) electrons. The summed E-state index contributed by atoms with van der Waals surface area (Å²) < 4.78 is 0. The third-order valence-corrected chi connectivity index (χ3v) is 85.5. The molecule has 8 nitrogen and oxygen atoms in total. The van der Waals surface area contributed by atoms with Crippen molar-refractivity contribution in [1.82, 2.24) is 0 Å². The van der Waals surface area contributed by atoms with Crippen LogP contribution in [0.5, 0.6) is 0 Å². The molecule has 674 valence electrons. The smallest absolute Gasteiger partial charge is 0.358 e. The summed E-state index contributed by atoms with van der Waals surface area (Å²) in [6, 6.07) is 18.1. The summed E-state index contributed by atoms with van der Waals surface area (Å²) in [4.78, 5) is 13.2. The molecule has 8 unspecified atom stereocenters. The average molecular weight is 2000 g/mol. The number of hydrogen-bond acceptors (Lipinski definition) is 4. The molecule has 0 amide bonds. The van der Waals surface area contributed by atoms with E-state index in [2.05, 4.69) is 230 Å². The van der Waals surface area contributed by atoms with Gasteiger partial charge in [-0.05, 0) is 198 Å². The van der Waals surface area contributed by atoms with Gasteiger partial charge in [0, 0.05) is 67.5 Å². The molecule has 0 N–H and O–H groups in total. The van der Waals surface area contributed by atoms with Crippen molar-refractivity contribution in [2.45, 2.75) is 284 Å². The zero-order valence-electron chi connectivity index (χ0n) is 77.4. The molecule has 3 aromatic rings. The second-order valence-electron chi connectivity index (χ2n) is 28.7. The van der Waals surface area contributed by atoms with Crippen molar-refractivity contribution in [2.75, 3.05) is 5.34 Å². The molecule has 127 heavy (non-hydrogen) atoms. The Hall–Kier alpha value is -5.60. The van der Waals surface area contributed by atoms with Crippen LogP contribution in [0.2, 0.25) is 0 Å². The predicted octanol–water partition coefficient (Wildman–Crippen LogP) is 34.7. The van der Waals surface area contributed by atoms with E-state index >= 15 is 0 Å². The molecule has 0 spiro atoms. The Balaban J connectivity index is -0.000000361. The molecule has 0 bridgehead atoms. The van der Waals surface area contributed by atoms with Gasteiger partial charge >= 0.3 is 17.1 Å². The quantitative estimate of drug-likeness (QED) is 0.0425. The summed E-state index contributed by atoms with van der Waals surface area (Å²) in [6.45, 7) is 57.6. The van der Waals surface area contributed by atoms with E-state index in [9.17, 15) is 21.0 Å². The Morgan fingerprint density at radius 2 is 0.591 bits per heavy atom. The Labute approximate surface area is 817 Å². The number of terminal acetylenes is 2. The van der Waals surface area contributed by atoms with Crippen LogP contribution in [0.25, 0.3) is 30.5 Å². The Kier molecular flexibility index (Phi) is 88.1. The number of halogens is 2. The van der Waals surface area contributed by atoms with Crippen LogP contribution in [0.15, 0.2) is 70.3 Å². The molecular formula is C104H136Cl2FeN8P12. The largest absolute Gasteiger partial charge is 2.00 e. The number of allylic oxidation sites excluding steroid dienone is 8. The SMILES string of the molecule is C.C#Cc1cc(C#CC)c(C#C)cc1C#CC.C1CCCC1.C1CCCC1.CC#Cc1cc(C#CC)c(C#CC2CCCC2)cc1C#CC.CC1CCCC1.CC1CCCC1.CCC.CCC.ClCCl.PP(P)P(P)P(P(P)P)P(P)P.[C-]#[N+]/C(C#N)=C(C)\C(=C(/C#N)[N+]#[C-])c1cc(C#CC)c(C(=C(\C#N)[N+]#[C-])/C(C)=C(\C#N)[N+]#[C-])cc1C#CC1CCCC1.[CH3-].[CH3-].[Fe+2]. The summed E-state index contributed by atoms with van der Waals surface area (Å²) in [6.07, 6.45) is 49.2. The summed E-state index contributed by atoms with van der Waals surface area (Å²) >= 11 is 9.53. The zero-order chi connectivity index (χ0) is 92.9. The van der Waals surface area contributed by atoms with E-state index in [0.29, 0.717) is 11.5 Å². The van der Waals surface area contributed by atoms with Gasteiger partial charge in [-0.3, -0.25) is 0 Å². The minimum atomic E-state index is -0.365. The van der Waals surface area contributed by atoms with E-state index in [4.69, 9.17) is 62.3 Å². The summed E-state index contributed by atoms with van der Waals surface area (Å²) in [5.74, 6) is 56.6. The summed E-state index contributed by atoms with van der Waals surface area (Å²) in [5, 5.41) is 39.0. The molecule has 6 aliphatic rings. The van der Waals surface area contributed by atoms with Gasteiger partial charge in [0.25, 0.3) is 22.8 Å². The van der Waals surface area contributed by atoms with Crippen LogP contribution in [0.4, 0.5) is 0 Å². The van der Waals surface area contributed by atoms with Gasteiger partial charge in [0.2, 0.25) is 0 Å². The minimum Gasteiger partial charge on any atom is -0.358 e. The predicted molar refractivity (Wildman–Crippen MR) is 588 cm³/mol. The standard InChI is InChI=1S/C34H20N8.C22H20.C16H10.2C6H12.2C5H10.2C3H8.CH2Cl2.CH4.2CH3.Fe.H14P12/c1-8-11-25-16-28(34(32(21-38)42-7)23(3)30(19-36)40-5)26(15-14-24-12-9-10-13-24)17-27(25)33(31(20-37)41-6)22(2)29(18-35)39-4;1-4-9-19-16-21(11-6-3)22(17-20(19)10-5-2)15-14-18-12-7-8-13-18;1-5-9-15-11-14(8-4)16(10-6-2)12-13(15)7-3;2*1-6-4-2-3-5-6;2*1-2-4-5-3-1;2*1-3-2;2-1-3;;;;;1-8(2)11(7)12(9(3)4)10(5)6/h16-17,24H,9-10,12-13H2,1-3H3;16-18H,7-8,12-13H2,1-3H3;3-4,11-12H,1-2H3;2*6H,2-5H2,1H3;2*1-5H2;2*3H2,1-2H3;1H2;1H4;2*1H3;;1-7H2/q;;;;;;;;;;;2*-1;+2;/b29-22+,30-23-,33-31+,34-32-;;;;;;;;;;;;;;. The molecule has 6 saturated carbocycles. The Morgan fingerprint density at radius 1 is 0.378 bits per heavy atom. The summed E-state index contributed by atoms with van der Waals surface area (Å²) in [5.41, 5.74) is 6.87. The normalized spacial score (nSPS) is 14.0. The van der Waals surface area contributed by atoms with Crippen molar-refractivity contribution >= 4 is 132 Å². The van der Waals surface area contributed by atoms with Gasteiger partial charge in [0.1, 0.15) is 0 Å². The van der Waals surface area contributed by atoms with Crippen molar-refractivity contribution in [3.05, 3.63) is 198 Å². The maximum Gasteiger partial charge on any atom is 2.00 e. The average Bonchev–Trinajstić information content (AvgIpc) is 1.53. The number of alkyl halides is 2. The fourth-order valence-electron chi connectivity index (χ4n) is 12.9. The first-order chi connectivity index (χ1) is 59.2. The zero-order valence-corrected chi connectivity index (χ0v) is 92.6. The molecule has 8 atom stereocenters. The van der Waals surface area contributed by atoms with Crippen molar-refractivity contribution in [2.24, 2.45) is 23.7 Å². The van der Waals surface area contributed by atoms with Gasteiger partial charge in [0.05, 0.1) is 55.9 Å². The maximum atomic E-state index is 9.86. The van der Waals surface area contributed by atoms with E-state index in [1.807, 2.05) is 63.2 Å². The van der Waals surface area contributed by atoms with E-state index in [1.165, 1.54) is 168 Å². The van der Waals surface area contributed by atoms with Crippen molar-refractivity contribution in [1.29, 1.82) is 21.0 Å². The van der Waals surface area contributed by atoms with Crippen LogP contribution < -0.4 is 0 Å². The fraction of sp³-hybridized carbons (Fsp3) is 0.462. The van der Waals surface area contributed by atoms with Crippen LogP contribution in [-0.4, -0.2) is 5.34 Å². The molecular weight excluding hydrogens is 1860 g/mol. The molecule has 0 saturated heterocycles. The van der Waals surface area contributed by atoms with Gasteiger partial charge < -0.3 is 14.9 Å². The second-order valence-corrected chi connectivity index (χ2v) is 74.5. The maximum absolute atomic E-state index is 9.86. The van der Waals surface area contributed by atoms with Crippen LogP contribution in [0, 0.1) is 230 Å². The number of nitrogens with zero attached hydrogens (tertiary/aromatic N) is 8. The van der Waals surface area contributed by atoms with E-state index in [1.54, 1.807) is 39.0 Å². The number of benzene rings is 3. The molecule has 23 heteroatoms. The van der Waals surface area contributed by atoms with Crippen LogP contribution in [0.1, 0.15) is 351 Å². The van der Waals surface area contributed by atoms with Crippen molar-refractivity contribution in [3.8, 4) is 144 Å². The minimum absolute atomic E-state index is 0. The Morgan fingerprint density at radius 3 is 0.787 bits per heavy atom. The summed E-state index contributed by atoms with van der Waals surface area (Å²) in [7, 11) is 21.0. The topological polar surface area (TPSA) is 113 Å². The Bertz CT molecular complexity index is 4840. The molecule has 6 aliphatic carbocycles. The first-order valence-electron chi connectivity index (χ1n) is 41.7. The van der Waals surface area contributed by atoms with Gasteiger partial charge in [0.15, 0.2) is 0 Å². The van der Waals surface area contributed by atoms with Crippen LogP contribution >= 0.6 is 121 Å². The first kappa shape index (κ1) is 132. The third-order valence-electron chi connectivity index (χ3n) is 18.8. The molecule has 3 aromatic carbocycles. The molecule has 6 fully saturated rings. The first-order valence-corrected chi connectivity index (χ1v) is 63.6. The molecule has 0 aliphatic heterocycles. The number of hydrogen-bond donors (Lipinski definition) is 0. The van der Waals surface area contributed by atoms with Gasteiger partial charge in [-0.15, -0.1) is 134 Å². The third kappa shape index (κ3) is 54.2. The van der Waals surface area contributed by atoms with Crippen molar-refractivity contribution in [3.63, 3.8) is 0 Å². The van der Waals surface area contributed by atoms with E-state index in [-0.39, 0.29) is 147 Å².